The highest BCUT2D eigenvalue weighted by Crippen LogP contribution is 2.28. The number of hydrogen-bond donors (Lipinski definition) is 1. The Morgan fingerprint density at radius 1 is 1.11 bits per heavy atom. The van der Waals surface area contributed by atoms with Gasteiger partial charge in [-0.3, -0.25) is 9.59 Å². The molecule has 5 heteroatoms. The topological polar surface area (TPSA) is 76.5 Å². The van der Waals surface area contributed by atoms with E-state index in [2.05, 4.69) is 0 Å². The van der Waals surface area contributed by atoms with Crippen molar-refractivity contribution >= 4 is 16.9 Å². The first-order valence-electron chi connectivity index (χ1n) is 9.71. The molecule has 5 nitrogen and oxygen atoms in total. The summed E-state index contributed by atoms with van der Waals surface area (Å²) in [5, 5.41) is 0.444. The Kier molecular flexibility index (Phi) is 5.01. The monoisotopic (exact) mass is 376 g/mol. The number of rotatable bonds is 3. The van der Waals surface area contributed by atoms with E-state index in [1.165, 1.54) is 0 Å². The summed E-state index contributed by atoms with van der Waals surface area (Å²) in [6, 6.07) is 14.7. The quantitative estimate of drug-likeness (QED) is 0.758. The molecule has 1 aromatic heterocycles. The molecule has 28 heavy (non-hydrogen) atoms. The fourth-order valence-electron chi connectivity index (χ4n) is 3.88. The van der Waals surface area contributed by atoms with Gasteiger partial charge in [0.2, 0.25) is 0 Å². The number of likely N-dealkylation sites (tertiary alicyclic amines) is 1. The maximum absolute atomic E-state index is 13.2. The highest BCUT2D eigenvalue weighted by molar-refractivity contribution is 6.05. The van der Waals surface area contributed by atoms with Crippen LogP contribution < -0.4 is 11.2 Å². The Morgan fingerprint density at radius 2 is 1.82 bits per heavy atom. The molecule has 1 aliphatic rings. The number of fused-ring (bicyclic) bond motifs is 1. The van der Waals surface area contributed by atoms with Crippen LogP contribution in [-0.4, -0.2) is 30.4 Å². The second kappa shape index (κ2) is 7.60. The van der Waals surface area contributed by atoms with Gasteiger partial charge in [-0.2, -0.15) is 0 Å². The summed E-state index contributed by atoms with van der Waals surface area (Å²) in [5.74, 6) is 0.897. The first-order valence-corrected chi connectivity index (χ1v) is 9.71. The summed E-state index contributed by atoms with van der Waals surface area (Å²) in [5.41, 5.74) is 7.84. The van der Waals surface area contributed by atoms with Gasteiger partial charge in [-0.15, -0.1) is 0 Å². The van der Waals surface area contributed by atoms with Crippen LogP contribution in [0.1, 0.15) is 28.8 Å². The van der Waals surface area contributed by atoms with Crippen molar-refractivity contribution in [2.75, 3.05) is 19.6 Å². The standard InChI is InChI=1S/C23H24N2O3/c1-15-20(26)18-8-5-9-19(23(27)25-12-10-16(14-24)11-13-25)22(18)28-21(15)17-6-3-2-4-7-17/h2-9,16H,10-14,24H2,1H3. The molecule has 2 heterocycles. The van der Waals surface area contributed by atoms with Gasteiger partial charge in [0.25, 0.3) is 5.91 Å². The first kappa shape index (κ1) is 18.4. The maximum atomic E-state index is 13.2. The number of hydrogen-bond acceptors (Lipinski definition) is 4. The minimum absolute atomic E-state index is 0.0907. The Balaban J connectivity index is 1.81. The van der Waals surface area contributed by atoms with Gasteiger partial charge >= 0.3 is 0 Å². The van der Waals surface area contributed by atoms with Crippen molar-refractivity contribution in [1.82, 2.24) is 4.90 Å². The lowest BCUT2D eigenvalue weighted by atomic mass is 9.96. The molecule has 0 atom stereocenters. The Labute approximate surface area is 163 Å². The summed E-state index contributed by atoms with van der Waals surface area (Å²) < 4.78 is 6.18. The van der Waals surface area contributed by atoms with E-state index in [-0.39, 0.29) is 11.3 Å². The zero-order valence-corrected chi connectivity index (χ0v) is 16.0. The summed E-state index contributed by atoms with van der Waals surface area (Å²) in [6.45, 7) is 3.78. The minimum Gasteiger partial charge on any atom is -0.455 e. The molecule has 1 amide bonds. The van der Waals surface area contributed by atoms with Crippen LogP contribution in [0.5, 0.6) is 0 Å². The minimum atomic E-state index is -0.100. The summed E-state index contributed by atoms with van der Waals surface area (Å²) in [4.78, 5) is 28.0. The number of carbonyl (C=O) groups excluding carboxylic acids is 1. The zero-order valence-electron chi connectivity index (χ0n) is 16.0. The van der Waals surface area contributed by atoms with E-state index >= 15 is 0 Å². The molecule has 0 aliphatic carbocycles. The average Bonchev–Trinajstić information content (AvgIpc) is 2.76. The van der Waals surface area contributed by atoms with Gasteiger partial charge in [-0.25, -0.2) is 0 Å². The van der Waals surface area contributed by atoms with Gasteiger partial charge in [-0.1, -0.05) is 36.4 Å². The predicted octanol–water partition coefficient (Wildman–Crippen LogP) is 3.58. The van der Waals surface area contributed by atoms with Gasteiger partial charge in [0.05, 0.1) is 10.9 Å². The lowest BCUT2D eigenvalue weighted by Gasteiger charge is -2.31. The lowest BCUT2D eigenvalue weighted by Crippen LogP contribution is -2.40. The van der Waals surface area contributed by atoms with Crippen LogP contribution in [0.2, 0.25) is 0 Å². The third-order valence-corrected chi connectivity index (χ3v) is 5.65. The molecule has 144 valence electrons. The maximum Gasteiger partial charge on any atom is 0.257 e. The first-order chi connectivity index (χ1) is 13.6. The van der Waals surface area contributed by atoms with Gasteiger partial charge in [0.15, 0.2) is 11.0 Å². The van der Waals surface area contributed by atoms with E-state index in [1.807, 2.05) is 35.2 Å². The van der Waals surface area contributed by atoms with Crippen LogP contribution in [-0.2, 0) is 0 Å². The molecular formula is C23H24N2O3. The molecule has 3 aromatic rings. The molecule has 0 saturated carbocycles. The molecule has 1 fully saturated rings. The molecule has 2 aromatic carbocycles. The second-order valence-corrected chi connectivity index (χ2v) is 7.40. The highest BCUT2D eigenvalue weighted by Gasteiger charge is 2.26. The molecular weight excluding hydrogens is 352 g/mol. The van der Waals surface area contributed by atoms with Crippen molar-refractivity contribution < 1.29 is 9.21 Å². The van der Waals surface area contributed by atoms with E-state index in [4.69, 9.17) is 10.2 Å². The van der Waals surface area contributed by atoms with Crippen molar-refractivity contribution in [2.45, 2.75) is 19.8 Å². The number of amides is 1. The van der Waals surface area contributed by atoms with Crippen LogP contribution in [0.4, 0.5) is 0 Å². The largest absolute Gasteiger partial charge is 0.455 e. The van der Waals surface area contributed by atoms with E-state index in [0.29, 0.717) is 53.4 Å². The van der Waals surface area contributed by atoms with Gasteiger partial charge < -0.3 is 15.1 Å². The number of nitrogens with zero attached hydrogens (tertiary/aromatic N) is 1. The molecule has 2 N–H and O–H groups in total. The third-order valence-electron chi connectivity index (χ3n) is 5.65. The molecule has 0 bridgehead atoms. The molecule has 0 spiro atoms. The number of nitrogens with two attached hydrogens (primary N) is 1. The Hall–Kier alpha value is -2.92. The number of piperidine rings is 1. The highest BCUT2D eigenvalue weighted by atomic mass is 16.3. The third kappa shape index (κ3) is 3.22. The molecule has 1 saturated heterocycles. The normalized spacial score (nSPS) is 15.1. The smallest absolute Gasteiger partial charge is 0.257 e. The Morgan fingerprint density at radius 3 is 2.50 bits per heavy atom. The van der Waals surface area contributed by atoms with Crippen molar-refractivity contribution in [3.05, 3.63) is 69.9 Å². The van der Waals surface area contributed by atoms with E-state index in [1.54, 1.807) is 25.1 Å². The number of para-hydroxylation sites is 1. The molecule has 1 aliphatic heterocycles. The average molecular weight is 376 g/mol. The summed E-state index contributed by atoms with van der Waals surface area (Å²) in [7, 11) is 0. The second-order valence-electron chi connectivity index (χ2n) is 7.40. The van der Waals surface area contributed by atoms with Crippen molar-refractivity contribution in [3.63, 3.8) is 0 Å². The van der Waals surface area contributed by atoms with Gasteiger partial charge in [0.1, 0.15) is 5.76 Å². The van der Waals surface area contributed by atoms with E-state index < -0.39 is 0 Å². The molecule has 0 unspecified atom stereocenters. The van der Waals surface area contributed by atoms with Crippen molar-refractivity contribution in [2.24, 2.45) is 11.7 Å². The van der Waals surface area contributed by atoms with Crippen molar-refractivity contribution in [1.29, 1.82) is 0 Å². The molecule has 0 radical (unpaired) electrons. The lowest BCUT2D eigenvalue weighted by molar-refractivity contribution is 0.0694. The van der Waals surface area contributed by atoms with Gasteiger partial charge in [0, 0.05) is 24.2 Å². The number of benzene rings is 2. The fourth-order valence-corrected chi connectivity index (χ4v) is 3.88. The van der Waals surface area contributed by atoms with Crippen LogP contribution in [0, 0.1) is 12.8 Å². The van der Waals surface area contributed by atoms with Crippen molar-refractivity contribution in [3.8, 4) is 11.3 Å². The summed E-state index contributed by atoms with van der Waals surface area (Å²) >= 11 is 0. The number of carbonyl (C=O) groups is 1. The predicted molar refractivity (Wildman–Crippen MR) is 110 cm³/mol. The molecule has 4 rings (SSSR count). The summed E-state index contributed by atoms with van der Waals surface area (Å²) in [6.07, 6.45) is 1.82. The van der Waals surface area contributed by atoms with Crippen LogP contribution >= 0.6 is 0 Å². The van der Waals surface area contributed by atoms with Crippen LogP contribution in [0.3, 0.4) is 0 Å². The Bertz CT molecular complexity index is 1060. The zero-order chi connectivity index (χ0) is 19.7. The van der Waals surface area contributed by atoms with Gasteiger partial charge in [-0.05, 0) is 44.4 Å². The van der Waals surface area contributed by atoms with E-state index in [0.717, 1.165) is 18.4 Å². The van der Waals surface area contributed by atoms with Crippen LogP contribution in [0.15, 0.2) is 57.7 Å². The van der Waals surface area contributed by atoms with E-state index in [9.17, 15) is 9.59 Å². The van der Waals surface area contributed by atoms with Crippen LogP contribution in [0.25, 0.3) is 22.3 Å². The fraction of sp³-hybridized carbons (Fsp3) is 0.304. The SMILES string of the molecule is Cc1c(-c2ccccc2)oc2c(C(=O)N3CCC(CN)CC3)cccc2c1=O.